The van der Waals surface area contributed by atoms with E-state index in [2.05, 4.69) is 449 Å². The van der Waals surface area contributed by atoms with Crippen LogP contribution in [0.15, 0.2) is 479 Å². The topological polar surface area (TPSA) is 45.8 Å². The fourth-order valence-corrected chi connectivity index (χ4v) is 19.9. The van der Waals surface area contributed by atoms with Gasteiger partial charge in [0.05, 0.1) is 6.85 Å². The summed E-state index contributed by atoms with van der Waals surface area (Å²) in [5, 5.41) is 23.1. The predicted octanol–water partition coefficient (Wildman–Crippen LogP) is 35.1. The van der Waals surface area contributed by atoms with Crippen molar-refractivity contribution in [2.24, 2.45) is 0 Å². The molecular formula is C116H82N6S3. The summed E-state index contributed by atoms with van der Waals surface area (Å²) in [4.78, 5) is 6.94. The maximum Gasteiger partial charge on any atom is 0.0629 e. The van der Waals surface area contributed by atoms with E-state index in [1.165, 1.54) is 98.9 Å². The minimum absolute atomic E-state index is 0.197. The number of hydrogen-bond acceptors (Lipinski definition) is 9. The molecule has 0 radical (unpaired) electrons. The molecule has 0 amide bonds. The van der Waals surface area contributed by atoms with Crippen LogP contribution in [0.4, 0.5) is 85.3 Å². The van der Waals surface area contributed by atoms with Crippen molar-refractivity contribution in [1.82, 2.24) is 0 Å². The zero-order valence-corrected chi connectivity index (χ0v) is 70.2. The molecule has 3 heterocycles. The number of anilines is 15. The van der Waals surface area contributed by atoms with Crippen LogP contribution in [0.25, 0.3) is 115 Å². The van der Waals surface area contributed by atoms with Crippen molar-refractivity contribution < 1.29 is 6.85 Å². The third-order valence-electron chi connectivity index (χ3n) is 22.7. The van der Waals surface area contributed by atoms with Gasteiger partial charge in [-0.05, 0) is 273 Å². The summed E-state index contributed by atoms with van der Waals surface area (Å²) in [6.07, 6.45) is 0. The number of rotatable bonds is 18. The van der Waals surface area contributed by atoms with Gasteiger partial charge >= 0.3 is 0 Å². The number of nitrogens with zero attached hydrogens (tertiary/aromatic N) is 3. The maximum atomic E-state index is 8.31. The largest absolute Gasteiger partial charge is 0.356 e. The van der Waals surface area contributed by atoms with Crippen molar-refractivity contribution in [3.8, 4) is 33.4 Å². The second kappa shape index (κ2) is 34.8. The molecule has 0 atom stereocenters. The SMILES string of the molecule is [2H]c1c([2H])c([2H])c(-c2ccc(Nc3ccc4sc5ccc(N(c6ccccc6)c6ccc7ccccc7c6)cc5c4c3)cc2)c([2H])c1[2H].c1ccc(-c2ccc(Nc3ccc4sc5ccc(N(c6ccccc6)c6ccccc6)cc5c4c3)cc2-c2ccccc2)cc1.c1ccc(N(c2ccccc2)c2ccc3sc4ccc(Nc5ccc6ccccc6c5)cc4c3c2)cc1. The van der Waals surface area contributed by atoms with Crippen LogP contribution >= 0.6 is 34.0 Å². The molecule has 0 aliphatic rings. The fourth-order valence-electron chi connectivity index (χ4n) is 16.7. The van der Waals surface area contributed by atoms with Gasteiger partial charge in [0.25, 0.3) is 0 Å². The third-order valence-corrected chi connectivity index (χ3v) is 26.1. The lowest BCUT2D eigenvalue weighted by atomic mass is 9.94. The first-order valence-corrected chi connectivity index (χ1v) is 44.2. The Kier molecular flexibility index (Phi) is 19.8. The number of fused-ring (bicyclic) bond motifs is 11. The van der Waals surface area contributed by atoms with Crippen molar-refractivity contribution in [3.63, 3.8) is 0 Å². The highest BCUT2D eigenvalue weighted by atomic mass is 32.1. The van der Waals surface area contributed by atoms with Crippen LogP contribution in [0, 0.1) is 0 Å². The normalized spacial score (nSPS) is 11.8. The Bertz CT molecular complexity index is 7980. The molecule has 0 aliphatic carbocycles. The highest BCUT2D eigenvalue weighted by molar-refractivity contribution is 7.26. The van der Waals surface area contributed by atoms with Crippen LogP contribution in [0.1, 0.15) is 6.85 Å². The van der Waals surface area contributed by atoms with Gasteiger partial charge < -0.3 is 30.7 Å². The van der Waals surface area contributed by atoms with Crippen molar-refractivity contribution in [1.29, 1.82) is 0 Å². The van der Waals surface area contributed by atoms with Gasteiger partial charge in [-0.15, -0.1) is 34.0 Å². The van der Waals surface area contributed by atoms with Gasteiger partial charge in [-0.2, -0.15) is 0 Å². The number of thiophene rings is 3. The second-order valence-electron chi connectivity index (χ2n) is 30.7. The number of hydrogen-bond donors (Lipinski definition) is 3. The maximum absolute atomic E-state index is 8.31. The Morgan fingerprint density at radius 2 is 0.456 bits per heavy atom. The number of nitrogens with one attached hydrogen (secondary N) is 3. The lowest BCUT2D eigenvalue weighted by Gasteiger charge is -2.26. The zero-order chi connectivity index (χ0) is 87.5. The summed E-state index contributed by atoms with van der Waals surface area (Å²) in [5.74, 6) is 0. The number of benzene rings is 20. The van der Waals surface area contributed by atoms with Gasteiger partial charge in [0.2, 0.25) is 0 Å². The molecule has 594 valence electrons. The Balaban J connectivity index is 0.000000119. The molecule has 0 saturated heterocycles. The molecule has 23 rings (SSSR count). The van der Waals surface area contributed by atoms with Crippen LogP contribution in [0.3, 0.4) is 0 Å². The zero-order valence-electron chi connectivity index (χ0n) is 72.8. The summed E-state index contributed by atoms with van der Waals surface area (Å²) in [6, 6.07) is 157. The molecule has 0 aliphatic heterocycles. The molecule has 3 N–H and O–H groups in total. The molecule has 125 heavy (non-hydrogen) atoms. The summed E-state index contributed by atoms with van der Waals surface area (Å²) in [7, 11) is 0. The molecule has 6 nitrogen and oxygen atoms in total. The Hall–Kier alpha value is -15.6. The Morgan fingerprint density at radius 1 is 0.176 bits per heavy atom. The lowest BCUT2D eigenvalue weighted by Crippen LogP contribution is -2.09. The van der Waals surface area contributed by atoms with Gasteiger partial charge in [0.15, 0.2) is 0 Å². The van der Waals surface area contributed by atoms with Gasteiger partial charge in [0, 0.05) is 146 Å². The number of para-hydroxylation sites is 5. The van der Waals surface area contributed by atoms with E-state index in [-0.39, 0.29) is 29.7 Å². The Labute approximate surface area is 746 Å². The molecule has 0 unspecified atom stereocenters. The highest BCUT2D eigenvalue weighted by Gasteiger charge is 2.21. The summed E-state index contributed by atoms with van der Waals surface area (Å²) < 4.78 is 48.1. The van der Waals surface area contributed by atoms with E-state index in [1.807, 2.05) is 40.9 Å². The monoisotopic (exact) mass is 1660 g/mol. The average molecular weight is 1660 g/mol. The summed E-state index contributed by atoms with van der Waals surface area (Å²) in [5.41, 5.74) is 21.8. The minimum atomic E-state index is -0.392. The van der Waals surface area contributed by atoms with Crippen LogP contribution in [0.2, 0.25) is 0 Å². The van der Waals surface area contributed by atoms with Crippen LogP contribution < -0.4 is 30.7 Å². The van der Waals surface area contributed by atoms with E-state index in [4.69, 9.17) is 6.85 Å². The molecule has 0 saturated carbocycles. The van der Waals surface area contributed by atoms with Crippen molar-refractivity contribution >= 4 is 201 Å². The van der Waals surface area contributed by atoms with Crippen LogP contribution in [-0.4, -0.2) is 0 Å². The molecule has 0 spiro atoms. The first-order valence-electron chi connectivity index (χ1n) is 44.2. The first kappa shape index (κ1) is 71.1. The summed E-state index contributed by atoms with van der Waals surface area (Å²) in [6.45, 7) is 0. The second-order valence-corrected chi connectivity index (χ2v) is 34.0. The Morgan fingerprint density at radius 3 is 0.872 bits per heavy atom. The molecule has 0 fully saturated rings. The van der Waals surface area contributed by atoms with Crippen LogP contribution in [0.5, 0.6) is 0 Å². The van der Waals surface area contributed by atoms with E-state index in [0.717, 1.165) is 90.7 Å². The molecule has 23 aromatic rings. The van der Waals surface area contributed by atoms with E-state index in [9.17, 15) is 0 Å². The minimum Gasteiger partial charge on any atom is -0.356 e. The predicted molar refractivity (Wildman–Crippen MR) is 543 cm³/mol. The van der Waals surface area contributed by atoms with Crippen molar-refractivity contribution in [2.45, 2.75) is 0 Å². The standard InChI is InChI=1S/C42H30N2S.C40H28N2S.C34H24N2S/c1-5-13-30(14-6-1)37-24-21-32(27-38(37)31-15-7-2-8-16-31)43-33-22-25-41-39(28-33)40-29-36(23-26-42(40)45-41)44(34-17-9-3-10-18-34)35-19-11-4-12-20-35;1-3-9-28(10-4-1)30-15-18-32(19-16-30)41-33-20-23-39-37(26-33)38-27-36(22-24-40(38)43-39)42(34-13-5-2-6-14-34)35-21-17-29-11-7-8-12-31(29)25-35;1-3-11-28(12-4-1)36(29-13-5-2-6-14-29)30-18-20-34-32(23-30)31-22-27(17-19-33(31)37-34)35-26-16-15-24-9-7-8-10-25(24)21-26/h1-29,43H;1-27,41H;1-23,35H/i;1D,3D,4D,9D,10D;. The summed E-state index contributed by atoms with van der Waals surface area (Å²) >= 11 is 5.46. The molecule has 0 bridgehead atoms. The van der Waals surface area contributed by atoms with Gasteiger partial charge in [-0.25, -0.2) is 0 Å². The third kappa shape index (κ3) is 16.4. The van der Waals surface area contributed by atoms with E-state index >= 15 is 0 Å². The molecule has 9 heteroatoms. The van der Waals surface area contributed by atoms with Gasteiger partial charge in [0.1, 0.15) is 0 Å². The fraction of sp³-hybridized carbons (Fsp3) is 0. The van der Waals surface area contributed by atoms with E-state index < -0.39 is 6.04 Å². The van der Waals surface area contributed by atoms with Crippen molar-refractivity contribution in [2.75, 3.05) is 30.7 Å². The first-order chi connectivity index (χ1) is 64.0. The van der Waals surface area contributed by atoms with E-state index in [0.29, 0.717) is 5.56 Å². The molecule has 3 aromatic heterocycles. The quantitative estimate of drug-likeness (QED) is 0.0796. The van der Waals surface area contributed by atoms with Gasteiger partial charge in [-0.1, -0.05) is 261 Å². The van der Waals surface area contributed by atoms with E-state index in [1.54, 1.807) is 23.5 Å². The molecule has 20 aromatic carbocycles. The smallest absolute Gasteiger partial charge is 0.0629 e. The lowest BCUT2D eigenvalue weighted by molar-refractivity contribution is 1.29. The van der Waals surface area contributed by atoms with Crippen LogP contribution in [-0.2, 0) is 0 Å². The average Bonchev–Trinajstić information content (AvgIpc) is 1.65. The highest BCUT2D eigenvalue weighted by Crippen LogP contribution is 2.47. The van der Waals surface area contributed by atoms with Gasteiger partial charge in [-0.3, -0.25) is 0 Å². The van der Waals surface area contributed by atoms with Crippen molar-refractivity contribution in [3.05, 3.63) is 479 Å². The molecular weight excluding hydrogens is 1570 g/mol.